The van der Waals surface area contributed by atoms with Crippen LogP contribution in [0.15, 0.2) is 0 Å². The van der Waals surface area contributed by atoms with E-state index in [-0.39, 0.29) is 0 Å². The van der Waals surface area contributed by atoms with E-state index in [1.807, 2.05) is 0 Å². The van der Waals surface area contributed by atoms with Gasteiger partial charge in [0.05, 0.1) is 6.61 Å². The van der Waals surface area contributed by atoms with Crippen molar-refractivity contribution >= 4 is 33.6 Å². The van der Waals surface area contributed by atoms with Crippen molar-refractivity contribution < 1.29 is 17.2 Å². The minimum absolute atomic E-state index is 0.443. The average molecular weight is 195 g/mol. The summed E-state index contributed by atoms with van der Waals surface area (Å²) < 4.78 is 31.2. The van der Waals surface area contributed by atoms with Crippen molar-refractivity contribution in [1.82, 2.24) is 0 Å². The van der Waals surface area contributed by atoms with Crippen molar-refractivity contribution in [2.24, 2.45) is 0 Å². The molecule has 0 heterocycles. The van der Waals surface area contributed by atoms with E-state index in [0.717, 1.165) is 0 Å². The summed E-state index contributed by atoms with van der Waals surface area (Å²) >= 11 is 10.1. The van der Waals surface area contributed by atoms with Gasteiger partial charge in [-0.15, -0.1) is 23.2 Å². The van der Waals surface area contributed by atoms with Gasteiger partial charge in [-0.1, -0.05) is 0 Å². The summed E-state index contributed by atoms with van der Waals surface area (Å²) in [5.74, 6) is 0. The molecule has 0 unspecified atom stereocenters. The standard InChI is InChI=1S/C2H4Cl2O4S/c3-2(4)1-8-9(5,6)7/h2H,1H2,(H,5,6,7). The second kappa shape index (κ2) is 3.58. The van der Waals surface area contributed by atoms with E-state index in [4.69, 9.17) is 27.8 Å². The first kappa shape index (κ1) is 9.45. The predicted molar refractivity (Wildman–Crippen MR) is 33.0 cm³/mol. The number of hydrogen-bond donors (Lipinski definition) is 1. The molecule has 0 aliphatic carbocycles. The van der Waals surface area contributed by atoms with E-state index in [1.54, 1.807) is 0 Å². The van der Waals surface area contributed by atoms with Crippen molar-refractivity contribution in [3.8, 4) is 0 Å². The van der Waals surface area contributed by atoms with Crippen LogP contribution in [0.3, 0.4) is 0 Å². The zero-order valence-corrected chi connectivity index (χ0v) is 6.45. The Bertz CT molecular complexity index is 161. The molecule has 0 fully saturated rings. The van der Waals surface area contributed by atoms with Gasteiger partial charge in [-0.05, 0) is 0 Å². The fraction of sp³-hybridized carbons (Fsp3) is 1.00. The van der Waals surface area contributed by atoms with Gasteiger partial charge in [0.15, 0.2) is 0 Å². The topological polar surface area (TPSA) is 63.6 Å². The molecular weight excluding hydrogens is 191 g/mol. The molecule has 1 N–H and O–H groups in total. The highest BCUT2D eigenvalue weighted by Crippen LogP contribution is 2.02. The lowest BCUT2D eigenvalue weighted by Crippen LogP contribution is -2.09. The highest BCUT2D eigenvalue weighted by Gasteiger charge is 2.07. The van der Waals surface area contributed by atoms with Gasteiger partial charge in [-0.3, -0.25) is 4.55 Å². The summed E-state index contributed by atoms with van der Waals surface area (Å²) in [4.78, 5) is -0.952. The Morgan fingerprint density at radius 1 is 1.56 bits per heavy atom. The van der Waals surface area contributed by atoms with E-state index < -0.39 is 21.8 Å². The molecule has 0 bridgehead atoms. The molecule has 0 aliphatic rings. The van der Waals surface area contributed by atoms with Gasteiger partial charge in [-0.2, -0.15) is 8.42 Å². The van der Waals surface area contributed by atoms with Gasteiger partial charge in [0, 0.05) is 0 Å². The van der Waals surface area contributed by atoms with Crippen molar-refractivity contribution in [1.29, 1.82) is 0 Å². The molecule has 0 rings (SSSR count). The summed E-state index contributed by atoms with van der Waals surface area (Å²) in [5.41, 5.74) is 0. The zero-order chi connectivity index (χ0) is 7.49. The third-order valence-corrected chi connectivity index (χ3v) is 1.03. The second-order valence-electron chi connectivity index (χ2n) is 1.10. The van der Waals surface area contributed by atoms with Crippen LogP contribution < -0.4 is 0 Å². The smallest absolute Gasteiger partial charge is 0.264 e. The van der Waals surface area contributed by atoms with Crippen LogP contribution in [0.5, 0.6) is 0 Å². The van der Waals surface area contributed by atoms with Crippen molar-refractivity contribution in [3.63, 3.8) is 0 Å². The van der Waals surface area contributed by atoms with Crippen molar-refractivity contribution in [2.45, 2.75) is 4.84 Å². The van der Waals surface area contributed by atoms with Gasteiger partial charge in [0.25, 0.3) is 0 Å². The zero-order valence-electron chi connectivity index (χ0n) is 4.12. The van der Waals surface area contributed by atoms with Gasteiger partial charge >= 0.3 is 10.4 Å². The van der Waals surface area contributed by atoms with E-state index >= 15 is 0 Å². The van der Waals surface area contributed by atoms with Crippen LogP contribution in [0.1, 0.15) is 0 Å². The Morgan fingerprint density at radius 3 is 2.11 bits per heavy atom. The summed E-state index contributed by atoms with van der Waals surface area (Å²) in [5, 5.41) is 0. The number of alkyl halides is 2. The van der Waals surface area contributed by atoms with Crippen molar-refractivity contribution in [3.05, 3.63) is 0 Å². The lowest BCUT2D eigenvalue weighted by atomic mass is 10.9. The van der Waals surface area contributed by atoms with Crippen LogP contribution in [-0.4, -0.2) is 24.4 Å². The molecule has 0 saturated heterocycles. The second-order valence-corrected chi connectivity index (χ2v) is 3.47. The Balaban J connectivity index is 3.53. The van der Waals surface area contributed by atoms with E-state index in [9.17, 15) is 8.42 Å². The molecule has 0 radical (unpaired) electrons. The third-order valence-electron chi connectivity index (χ3n) is 0.343. The fourth-order valence-electron chi connectivity index (χ4n) is 0.137. The molecule has 7 heteroatoms. The molecule has 0 aromatic heterocycles. The molecule has 0 spiro atoms. The van der Waals surface area contributed by atoms with Crippen LogP contribution >= 0.6 is 23.2 Å². The number of halogens is 2. The molecule has 0 aromatic carbocycles. The maximum absolute atomic E-state index is 9.75. The monoisotopic (exact) mass is 194 g/mol. The maximum Gasteiger partial charge on any atom is 0.397 e. The van der Waals surface area contributed by atoms with Crippen LogP contribution in [0.2, 0.25) is 0 Å². The molecule has 4 nitrogen and oxygen atoms in total. The first-order valence-corrected chi connectivity index (χ1v) is 4.05. The lowest BCUT2D eigenvalue weighted by molar-refractivity contribution is 0.279. The Morgan fingerprint density at radius 2 is 2.00 bits per heavy atom. The average Bonchev–Trinajstić information content (AvgIpc) is 1.59. The molecule has 0 amide bonds. The van der Waals surface area contributed by atoms with Crippen molar-refractivity contribution in [2.75, 3.05) is 6.61 Å². The third kappa shape index (κ3) is 8.45. The molecule has 56 valence electrons. The molecule has 0 aliphatic heterocycles. The summed E-state index contributed by atoms with van der Waals surface area (Å²) in [6.45, 7) is -0.443. The lowest BCUT2D eigenvalue weighted by Gasteiger charge is -1.97. The van der Waals surface area contributed by atoms with Crippen LogP contribution in [0, 0.1) is 0 Å². The first-order chi connectivity index (χ1) is 3.92. The molecule has 0 aromatic rings. The van der Waals surface area contributed by atoms with Crippen LogP contribution in [0.25, 0.3) is 0 Å². The minimum Gasteiger partial charge on any atom is -0.264 e. The van der Waals surface area contributed by atoms with Gasteiger partial charge in [0.1, 0.15) is 4.84 Å². The number of rotatable bonds is 3. The quantitative estimate of drug-likeness (QED) is 0.529. The van der Waals surface area contributed by atoms with Gasteiger partial charge < -0.3 is 0 Å². The first-order valence-electron chi connectivity index (χ1n) is 1.82. The Kier molecular flexibility index (Phi) is 3.76. The molecule has 0 saturated carbocycles. The molecule has 0 atom stereocenters. The van der Waals surface area contributed by atoms with Gasteiger partial charge in [0.2, 0.25) is 0 Å². The fourth-order valence-corrected chi connectivity index (χ4v) is 0.721. The van der Waals surface area contributed by atoms with Crippen LogP contribution in [-0.2, 0) is 14.6 Å². The minimum atomic E-state index is -4.39. The highest BCUT2D eigenvalue weighted by atomic mass is 35.5. The summed E-state index contributed by atoms with van der Waals surface area (Å²) in [7, 11) is -4.39. The Labute approximate surface area is 62.7 Å². The van der Waals surface area contributed by atoms with Gasteiger partial charge in [-0.25, -0.2) is 4.18 Å². The highest BCUT2D eigenvalue weighted by molar-refractivity contribution is 7.80. The van der Waals surface area contributed by atoms with E-state index in [2.05, 4.69) is 4.18 Å². The largest absolute Gasteiger partial charge is 0.397 e. The SMILES string of the molecule is O=S(=O)(O)OCC(Cl)Cl. The summed E-state index contributed by atoms with van der Waals surface area (Å²) in [6.07, 6.45) is 0. The number of hydrogen-bond acceptors (Lipinski definition) is 3. The maximum atomic E-state index is 9.75. The normalized spacial score (nSPS) is 12.4. The molecule has 9 heavy (non-hydrogen) atoms. The van der Waals surface area contributed by atoms with E-state index in [0.29, 0.717) is 0 Å². The van der Waals surface area contributed by atoms with Crippen LogP contribution in [0.4, 0.5) is 0 Å². The predicted octanol–water partition coefficient (Wildman–Crippen LogP) is 0.610. The molecular formula is C2H4Cl2O4S. The summed E-state index contributed by atoms with van der Waals surface area (Å²) in [6, 6.07) is 0. The van der Waals surface area contributed by atoms with E-state index in [1.165, 1.54) is 0 Å². The Hall–Kier alpha value is 0.450.